The van der Waals surface area contributed by atoms with Crippen molar-refractivity contribution < 1.29 is 9.59 Å². The number of aryl methyl sites for hydroxylation is 1. The number of amides is 2. The number of nitrogens with zero attached hydrogens (tertiary/aromatic N) is 1. The number of hydrogen-bond acceptors (Lipinski definition) is 3. The summed E-state index contributed by atoms with van der Waals surface area (Å²) in [7, 11) is 0. The minimum atomic E-state index is -0.288. The number of imide groups is 1. The maximum absolute atomic E-state index is 13.2. The zero-order valence-electron chi connectivity index (χ0n) is 13.6. The van der Waals surface area contributed by atoms with E-state index in [1.165, 1.54) is 4.90 Å². The Morgan fingerprint density at radius 3 is 2.32 bits per heavy atom. The Bertz CT molecular complexity index is 1000. The van der Waals surface area contributed by atoms with Crippen LogP contribution in [0.5, 0.6) is 0 Å². The Balaban J connectivity index is 1.94. The molecule has 122 valence electrons. The van der Waals surface area contributed by atoms with Crippen LogP contribution in [0.2, 0.25) is 0 Å². The summed E-state index contributed by atoms with van der Waals surface area (Å²) in [6.45, 7) is 1.90. The molecule has 2 heterocycles. The quantitative estimate of drug-likeness (QED) is 0.495. The summed E-state index contributed by atoms with van der Waals surface area (Å²) in [5.41, 5.74) is 4.25. The largest absolute Gasteiger partial charge is 0.268 e. The fourth-order valence-corrected chi connectivity index (χ4v) is 3.67. The highest BCUT2D eigenvalue weighted by Crippen LogP contribution is 2.34. The lowest BCUT2D eigenvalue weighted by Crippen LogP contribution is -2.42. The van der Waals surface area contributed by atoms with Crippen LogP contribution in [0.3, 0.4) is 0 Å². The molecule has 0 fully saturated rings. The number of anilines is 1. The lowest BCUT2D eigenvalue weighted by molar-refractivity contribution is -0.112. The van der Waals surface area contributed by atoms with Crippen molar-refractivity contribution in [2.75, 3.05) is 4.90 Å². The third kappa shape index (κ3) is 2.61. The van der Waals surface area contributed by atoms with E-state index in [0.29, 0.717) is 22.4 Å². The van der Waals surface area contributed by atoms with Crippen LogP contribution in [0.15, 0.2) is 65.4 Å². The molecule has 1 aliphatic heterocycles. The van der Waals surface area contributed by atoms with Gasteiger partial charge in [-0.15, -0.1) is 0 Å². The van der Waals surface area contributed by atoms with Gasteiger partial charge in [0.25, 0.3) is 11.8 Å². The average molecular weight is 345 g/mol. The molecule has 0 unspecified atom stereocenters. The van der Waals surface area contributed by atoms with Crippen molar-refractivity contribution >= 4 is 40.5 Å². The molecule has 0 aliphatic carbocycles. The van der Waals surface area contributed by atoms with Gasteiger partial charge in [-0.25, -0.2) is 4.90 Å². The number of hydrogen-bond donors (Lipinski definition) is 0. The summed E-state index contributed by atoms with van der Waals surface area (Å²) < 4.78 is 0. The third-order valence-electron chi connectivity index (χ3n) is 4.29. The van der Waals surface area contributed by atoms with E-state index in [-0.39, 0.29) is 11.8 Å². The van der Waals surface area contributed by atoms with E-state index in [9.17, 15) is 9.59 Å². The van der Waals surface area contributed by atoms with Gasteiger partial charge in [0.1, 0.15) is 0 Å². The third-order valence-corrected chi connectivity index (χ3v) is 5.00. The van der Waals surface area contributed by atoms with Crippen LogP contribution in [0.1, 0.15) is 27.0 Å². The van der Waals surface area contributed by atoms with Crippen molar-refractivity contribution in [2.24, 2.45) is 0 Å². The fourth-order valence-electron chi connectivity index (χ4n) is 3.05. The first-order chi connectivity index (χ1) is 12.2. The van der Waals surface area contributed by atoms with E-state index in [1.54, 1.807) is 23.5 Å². The summed E-state index contributed by atoms with van der Waals surface area (Å²) in [5, 5.41) is 3.95. The Hall–Kier alpha value is -2.98. The number of benzene rings is 2. The summed E-state index contributed by atoms with van der Waals surface area (Å²) in [4.78, 5) is 27.5. The minimum Gasteiger partial charge on any atom is -0.268 e. The van der Waals surface area contributed by atoms with Crippen molar-refractivity contribution in [3.05, 3.63) is 87.6 Å². The summed E-state index contributed by atoms with van der Waals surface area (Å²) in [6.07, 6.45) is 1.86. The second kappa shape index (κ2) is 6.15. The maximum atomic E-state index is 13.2. The molecule has 2 aromatic carbocycles. The first-order valence-electron chi connectivity index (χ1n) is 7.94. The van der Waals surface area contributed by atoms with Crippen LogP contribution in [-0.2, 0) is 4.79 Å². The van der Waals surface area contributed by atoms with Gasteiger partial charge in [-0.3, -0.25) is 9.59 Å². The lowest BCUT2D eigenvalue weighted by Gasteiger charge is -2.29. The Morgan fingerprint density at radius 2 is 1.60 bits per heavy atom. The molecule has 0 radical (unpaired) electrons. The summed E-state index contributed by atoms with van der Waals surface area (Å²) in [5.74, 6) is -0.568. The Morgan fingerprint density at radius 1 is 0.880 bits per heavy atom. The van der Waals surface area contributed by atoms with Crippen LogP contribution in [0.25, 0.3) is 11.6 Å². The summed E-state index contributed by atoms with van der Waals surface area (Å²) >= 11 is 1.57. The van der Waals surface area contributed by atoms with Gasteiger partial charge < -0.3 is 0 Å². The van der Waals surface area contributed by atoms with Crippen LogP contribution in [0, 0.1) is 6.92 Å². The van der Waals surface area contributed by atoms with E-state index in [2.05, 4.69) is 0 Å². The average Bonchev–Trinajstić information content (AvgIpc) is 3.13. The molecule has 0 saturated carbocycles. The topological polar surface area (TPSA) is 37.4 Å². The normalized spacial score (nSPS) is 15.6. The number of rotatable bonds is 2. The smallest absolute Gasteiger partial charge is 0.265 e. The van der Waals surface area contributed by atoms with Crippen LogP contribution >= 0.6 is 11.3 Å². The number of carbonyl (C=O) groups excluding carboxylic acids is 2. The Kier molecular flexibility index (Phi) is 3.82. The molecule has 0 atom stereocenters. The van der Waals surface area contributed by atoms with E-state index in [1.807, 2.05) is 66.2 Å². The van der Waals surface area contributed by atoms with Gasteiger partial charge in [0.2, 0.25) is 0 Å². The predicted octanol–water partition coefficient (Wildman–Crippen LogP) is 4.78. The van der Waals surface area contributed by atoms with E-state index >= 15 is 0 Å². The molecule has 0 N–H and O–H groups in total. The van der Waals surface area contributed by atoms with Crippen LogP contribution in [0.4, 0.5) is 5.69 Å². The van der Waals surface area contributed by atoms with Crippen LogP contribution < -0.4 is 4.90 Å². The number of thiophene rings is 1. The maximum Gasteiger partial charge on any atom is 0.265 e. The highest BCUT2D eigenvalue weighted by Gasteiger charge is 2.36. The second-order valence-corrected chi connectivity index (χ2v) is 6.67. The molecular formula is C21H15NO2S. The predicted molar refractivity (Wildman–Crippen MR) is 102 cm³/mol. The first-order valence-corrected chi connectivity index (χ1v) is 8.89. The van der Waals surface area contributed by atoms with Gasteiger partial charge in [0, 0.05) is 11.1 Å². The monoisotopic (exact) mass is 345 g/mol. The molecule has 0 bridgehead atoms. The van der Waals surface area contributed by atoms with Gasteiger partial charge in [-0.05, 0) is 58.6 Å². The first kappa shape index (κ1) is 15.5. The van der Waals surface area contributed by atoms with Crippen molar-refractivity contribution in [3.63, 3.8) is 0 Å². The van der Waals surface area contributed by atoms with Gasteiger partial charge in [-0.1, -0.05) is 36.4 Å². The summed E-state index contributed by atoms with van der Waals surface area (Å²) in [6, 6.07) is 16.7. The molecular weight excluding hydrogens is 330 g/mol. The number of fused-ring (bicyclic) bond motifs is 1. The van der Waals surface area contributed by atoms with E-state index < -0.39 is 0 Å². The second-order valence-electron chi connectivity index (χ2n) is 5.89. The highest BCUT2D eigenvalue weighted by molar-refractivity contribution is 7.08. The van der Waals surface area contributed by atoms with Gasteiger partial charge >= 0.3 is 0 Å². The van der Waals surface area contributed by atoms with Crippen LogP contribution in [-0.4, -0.2) is 11.8 Å². The minimum absolute atomic E-state index is 0.280. The molecule has 3 aromatic rings. The Labute approximate surface area is 149 Å². The zero-order valence-corrected chi connectivity index (χ0v) is 14.4. The van der Waals surface area contributed by atoms with Gasteiger partial charge in [0.05, 0.1) is 5.69 Å². The highest BCUT2D eigenvalue weighted by atomic mass is 32.1. The standard InChI is InChI=1S/C21H15NO2S/c1-14-6-2-5-9-19(14)22-20(23)17-8-4-3-7-16(17)18(21(22)24)12-15-10-11-25-13-15/h2-13H,1H3/b18-12-. The van der Waals surface area contributed by atoms with Gasteiger partial charge in [0.15, 0.2) is 0 Å². The molecule has 0 saturated heterocycles. The van der Waals surface area contributed by atoms with Crippen molar-refractivity contribution in [1.82, 2.24) is 0 Å². The van der Waals surface area contributed by atoms with Gasteiger partial charge in [-0.2, -0.15) is 11.3 Å². The molecule has 25 heavy (non-hydrogen) atoms. The number of para-hydroxylation sites is 1. The molecule has 3 nitrogen and oxygen atoms in total. The molecule has 4 heteroatoms. The molecule has 4 rings (SSSR count). The lowest BCUT2D eigenvalue weighted by atomic mass is 9.91. The zero-order chi connectivity index (χ0) is 17.4. The fraction of sp³-hybridized carbons (Fsp3) is 0.0476. The molecule has 1 aromatic heterocycles. The SMILES string of the molecule is Cc1ccccc1N1C(=O)/C(=C\c2ccsc2)c2ccccc2C1=O. The van der Waals surface area contributed by atoms with Crippen molar-refractivity contribution in [1.29, 1.82) is 0 Å². The number of carbonyl (C=O) groups is 2. The van der Waals surface area contributed by atoms with E-state index in [0.717, 1.165) is 11.1 Å². The van der Waals surface area contributed by atoms with E-state index in [4.69, 9.17) is 0 Å². The van der Waals surface area contributed by atoms with Crippen molar-refractivity contribution in [2.45, 2.75) is 6.92 Å². The van der Waals surface area contributed by atoms with Crippen molar-refractivity contribution in [3.8, 4) is 0 Å². The molecule has 0 spiro atoms. The molecule has 1 aliphatic rings. The molecule has 2 amide bonds.